The van der Waals surface area contributed by atoms with Gasteiger partial charge in [0, 0.05) is 13.1 Å². The van der Waals surface area contributed by atoms with Gasteiger partial charge in [-0.2, -0.15) is 0 Å². The Bertz CT molecular complexity index is 414. The van der Waals surface area contributed by atoms with Crippen molar-refractivity contribution >= 4 is 33.5 Å². The number of hydrogen-bond acceptors (Lipinski definition) is 4. The van der Waals surface area contributed by atoms with Crippen molar-refractivity contribution in [1.82, 2.24) is 5.32 Å². The number of methoxy groups -OCH3 is 2. The first kappa shape index (κ1) is 15.3. The Balaban J connectivity index is 2.44. The minimum Gasteiger partial charge on any atom is -0.496 e. The van der Waals surface area contributed by atoms with E-state index in [1.165, 1.54) is 7.11 Å². The van der Waals surface area contributed by atoms with Gasteiger partial charge in [-0.05, 0) is 33.6 Å². The lowest BCUT2D eigenvalue weighted by Gasteiger charge is -2.10. The van der Waals surface area contributed by atoms with E-state index in [-0.39, 0.29) is 0 Å². The second-order valence-electron chi connectivity index (χ2n) is 3.59. The minimum atomic E-state index is -0.670. The fraction of sp³-hybridized carbons (Fsp3) is 0.417. The molecule has 0 amide bonds. The van der Waals surface area contributed by atoms with E-state index in [1.807, 2.05) is 18.2 Å². The predicted molar refractivity (Wildman–Crippen MR) is 74.1 cm³/mol. The maximum atomic E-state index is 11.1. The number of esters is 1. The summed E-state index contributed by atoms with van der Waals surface area (Å²) in [6, 6.07) is 5.77. The van der Waals surface area contributed by atoms with Crippen LogP contribution in [0.1, 0.15) is 5.56 Å². The SMILES string of the molecule is COC(=O)C(Cl)CNCc1ccc(OC)c(Br)c1. The number of halogens is 2. The molecule has 1 aromatic rings. The van der Waals surface area contributed by atoms with Crippen LogP contribution in [0, 0.1) is 0 Å². The molecule has 0 bridgehead atoms. The lowest BCUT2D eigenvalue weighted by atomic mass is 10.2. The fourth-order valence-corrected chi connectivity index (χ4v) is 2.16. The van der Waals surface area contributed by atoms with Gasteiger partial charge in [0.25, 0.3) is 0 Å². The van der Waals surface area contributed by atoms with E-state index in [0.717, 1.165) is 15.8 Å². The lowest BCUT2D eigenvalue weighted by Crippen LogP contribution is -2.29. The summed E-state index contributed by atoms with van der Waals surface area (Å²) in [5, 5.41) is 2.42. The highest BCUT2D eigenvalue weighted by Gasteiger charge is 2.14. The molecule has 0 aliphatic rings. The molecule has 100 valence electrons. The van der Waals surface area contributed by atoms with Gasteiger partial charge in [-0.25, -0.2) is 0 Å². The van der Waals surface area contributed by atoms with Gasteiger partial charge in [0.15, 0.2) is 0 Å². The molecule has 0 aromatic heterocycles. The van der Waals surface area contributed by atoms with Gasteiger partial charge in [-0.15, -0.1) is 11.6 Å². The number of carbonyl (C=O) groups is 1. The molecule has 6 heteroatoms. The van der Waals surface area contributed by atoms with Crippen molar-refractivity contribution < 1.29 is 14.3 Å². The molecule has 0 radical (unpaired) electrons. The first-order valence-corrected chi connectivity index (χ1v) is 6.56. The Hall–Kier alpha value is -0.780. The molecule has 0 aliphatic carbocycles. The standard InChI is InChI=1S/C12H15BrClNO3/c1-17-11-4-3-8(5-9(11)13)6-15-7-10(14)12(16)18-2/h3-5,10,15H,6-7H2,1-2H3. The molecule has 1 rings (SSSR count). The maximum absolute atomic E-state index is 11.1. The summed E-state index contributed by atoms with van der Waals surface area (Å²) in [6.07, 6.45) is 0. The summed E-state index contributed by atoms with van der Waals surface area (Å²) >= 11 is 9.22. The van der Waals surface area contributed by atoms with Crippen molar-refractivity contribution in [2.45, 2.75) is 11.9 Å². The Morgan fingerprint density at radius 1 is 1.50 bits per heavy atom. The van der Waals surface area contributed by atoms with Crippen molar-refractivity contribution in [3.8, 4) is 5.75 Å². The molecule has 0 aliphatic heterocycles. The molecule has 1 atom stereocenters. The van der Waals surface area contributed by atoms with Crippen molar-refractivity contribution in [1.29, 1.82) is 0 Å². The van der Waals surface area contributed by atoms with Crippen LogP contribution < -0.4 is 10.1 Å². The zero-order valence-electron chi connectivity index (χ0n) is 10.2. The summed E-state index contributed by atoms with van der Waals surface area (Å²) in [5.74, 6) is 0.351. The quantitative estimate of drug-likeness (QED) is 0.640. The normalized spacial score (nSPS) is 12.0. The van der Waals surface area contributed by atoms with Crippen LogP contribution in [0.15, 0.2) is 22.7 Å². The van der Waals surface area contributed by atoms with E-state index in [2.05, 4.69) is 26.0 Å². The Morgan fingerprint density at radius 2 is 2.22 bits per heavy atom. The monoisotopic (exact) mass is 335 g/mol. The summed E-state index contributed by atoms with van der Waals surface area (Å²) in [7, 11) is 2.94. The predicted octanol–water partition coefficient (Wildman–Crippen LogP) is 2.33. The zero-order chi connectivity index (χ0) is 13.5. The van der Waals surface area contributed by atoms with Gasteiger partial charge >= 0.3 is 5.97 Å². The first-order chi connectivity index (χ1) is 8.58. The number of nitrogens with one attached hydrogen (secondary N) is 1. The molecule has 0 saturated heterocycles. The molecule has 0 saturated carbocycles. The summed E-state index contributed by atoms with van der Waals surface area (Å²) < 4.78 is 10.6. The summed E-state index contributed by atoms with van der Waals surface area (Å²) in [5.41, 5.74) is 1.07. The number of hydrogen-bond donors (Lipinski definition) is 1. The Morgan fingerprint density at radius 3 is 2.78 bits per heavy atom. The van der Waals surface area contributed by atoms with Crippen LogP contribution in [0.2, 0.25) is 0 Å². The number of ether oxygens (including phenoxy) is 2. The summed E-state index contributed by atoms with van der Waals surface area (Å²) in [6.45, 7) is 0.973. The second kappa shape index (κ2) is 7.61. The average molecular weight is 337 g/mol. The van der Waals surface area contributed by atoms with E-state index < -0.39 is 11.3 Å². The Labute approximate surface area is 120 Å². The van der Waals surface area contributed by atoms with E-state index in [9.17, 15) is 4.79 Å². The minimum absolute atomic E-state index is 0.359. The van der Waals surface area contributed by atoms with Crippen LogP contribution >= 0.6 is 27.5 Å². The number of carbonyl (C=O) groups excluding carboxylic acids is 1. The third-order valence-electron chi connectivity index (χ3n) is 2.33. The number of benzene rings is 1. The molecule has 0 fully saturated rings. The highest BCUT2D eigenvalue weighted by molar-refractivity contribution is 9.10. The molecular weight excluding hydrogens is 321 g/mol. The van der Waals surface area contributed by atoms with Gasteiger partial charge < -0.3 is 14.8 Å². The van der Waals surface area contributed by atoms with Gasteiger partial charge in [-0.1, -0.05) is 6.07 Å². The maximum Gasteiger partial charge on any atom is 0.325 e. The van der Waals surface area contributed by atoms with Crippen molar-refractivity contribution in [3.05, 3.63) is 28.2 Å². The number of alkyl halides is 1. The van der Waals surface area contributed by atoms with E-state index in [1.54, 1.807) is 7.11 Å². The third kappa shape index (κ3) is 4.48. The van der Waals surface area contributed by atoms with Gasteiger partial charge in [0.1, 0.15) is 11.1 Å². The van der Waals surface area contributed by atoms with E-state index >= 15 is 0 Å². The number of rotatable bonds is 6. The average Bonchev–Trinajstić information content (AvgIpc) is 2.37. The molecule has 1 aromatic carbocycles. The fourth-order valence-electron chi connectivity index (χ4n) is 1.37. The molecule has 0 spiro atoms. The second-order valence-corrected chi connectivity index (χ2v) is 4.97. The van der Waals surface area contributed by atoms with Crippen LogP contribution in [-0.2, 0) is 16.1 Å². The largest absolute Gasteiger partial charge is 0.496 e. The first-order valence-electron chi connectivity index (χ1n) is 5.33. The van der Waals surface area contributed by atoms with E-state index in [4.69, 9.17) is 16.3 Å². The van der Waals surface area contributed by atoms with E-state index in [0.29, 0.717) is 13.1 Å². The van der Waals surface area contributed by atoms with Crippen molar-refractivity contribution in [2.75, 3.05) is 20.8 Å². The smallest absolute Gasteiger partial charge is 0.325 e. The highest BCUT2D eigenvalue weighted by Crippen LogP contribution is 2.25. The highest BCUT2D eigenvalue weighted by atomic mass is 79.9. The van der Waals surface area contributed by atoms with Gasteiger partial charge in [-0.3, -0.25) is 4.79 Å². The van der Waals surface area contributed by atoms with Gasteiger partial charge in [0.2, 0.25) is 0 Å². The van der Waals surface area contributed by atoms with Crippen LogP contribution in [0.5, 0.6) is 5.75 Å². The topological polar surface area (TPSA) is 47.6 Å². The van der Waals surface area contributed by atoms with Crippen LogP contribution in [-0.4, -0.2) is 32.1 Å². The third-order valence-corrected chi connectivity index (χ3v) is 3.28. The van der Waals surface area contributed by atoms with Crippen LogP contribution in [0.4, 0.5) is 0 Å². The summed E-state index contributed by atoms with van der Waals surface area (Å²) in [4.78, 5) is 11.1. The zero-order valence-corrected chi connectivity index (χ0v) is 12.5. The Kier molecular flexibility index (Phi) is 6.46. The molecule has 18 heavy (non-hydrogen) atoms. The lowest BCUT2D eigenvalue weighted by molar-refractivity contribution is -0.140. The molecule has 1 N–H and O–H groups in total. The van der Waals surface area contributed by atoms with Crippen molar-refractivity contribution in [2.24, 2.45) is 0 Å². The molecule has 4 nitrogen and oxygen atoms in total. The molecule has 0 heterocycles. The van der Waals surface area contributed by atoms with Crippen LogP contribution in [0.25, 0.3) is 0 Å². The van der Waals surface area contributed by atoms with Gasteiger partial charge in [0.05, 0.1) is 18.7 Å². The molecule has 1 unspecified atom stereocenters. The molecular formula is C12H15BrClNO3. The van der Waals surface area contributed by atoms with Crippen molar-refractivity contribution in [3.63, 3.8) is 0 Å². The van der Waals surface area contributed by atoms with Crippen LogP contribution in [0.3, 0.4) is 0 Å².